The number of carboxylic acids is 1. The van der Waals surface area contributed by atoms with E-state index in [1.807, 2.05) is 30.3 Å². The summed E-state index contributed by atoms with van der Waals surface area (Å²) in [5.41, 5.74) is 1.49. The van der Waals surface area contributed by atoms with Gasteiger partial charge in [-0.1, -0.05) is 30.3 Å². The average molecular weight is 295 g/mol. The van der Waals surface area contributed by atoms with Gasteiger partial charge < -0.3 is 9.84 Å². The van der Waals surface area contributed by atoms with Crippen LogP contribution in [-0.4, -0.2) is 25.8 Å². The molecule has 110 valence electrons. The van der Waals surface area contributed by atoms with Crippen molar-refractivity contribution >= 4 is 5.97 Å². The third kappa shape index (κ3) is 2.95. The lowest BCUT2D eigenvalue weighted by Crippen LogP contribution is -2.03. The van der Waals surface area contributed by atoms with Gasteiger partial charge in [0.15, 0.2) is 5.75 Å². The SMILES string of the molecule is O=C(O)c1nn(-c2cccnc2)cc1OCc1ccccc1. The third-order valence-corrected chi connectivity index (χ3v) is 3.03. The van der Waals surface area contributed by atoms with Crippen LogP contribution in [0.4, 0.5) is 0 Å². The zero-order valence-electron chi connectivity index (χ0n) is 11.6. The van der Waals surface area contributed by atoms with Gasteiger partial charge in [0.25, 0.3) is 0 Å². The van der Waals surface area contributed by atoms with Gasteiger partial charge >= 0.3 is 5.97 Å². The van der Waals surface area contributed by atoms with E-state index in [9.17, 15) is 9.90 Å². The summed E-state index contributed by atoms with van der Waals surface area (Å²) in [7, 11) is 0. The van der Waals surface area contributed by atoms with Gasteiger partial charge in [-0.25, -0.2) is 9.48 Å². The molecule has 0 aliphatic heterocycles. The van der Waals surface area contributed by atoms with Crippen molar-refractivity contribution in [2.45, 2.75) is 6.61 Å². The van der Waals surface area contributed by atoms with Crippen LogP contribution >= 0.6 is 0 Å². The van der Waals surface area contributed by atoms with Gasteiger partial charge in [-0.05, 0) is 17.7 Å². The fraction of sp³-hybridized carbons (Fsp3) is 0.0625. The van der Waals surface area contributed by atoms with E-state index in [1.54, 1.807) is 30.7 Å². The third-order valence-electron chi connectivity index (χ3n) is 3.03. The molecular weight excluding hydrogens is 282 g/mol. The van der Waals surface area contributed by atoms with Gasteiger partial charge in [0.1, 0.15) is 6.61 Å². The maximum Gasteiger partial charge on any atom is 0.360 e. The number of ether oxygens (including phenoxy) is 1. The highest BCUT2D eigenvalue weighted by atomic mass is 16.5. The van der Waals surface area contributed by atoms with E-state index in [4.69, 9.17) is 4.74 Å². The van der Waals surface area contributed by atoms with Crippen molar-refractivity contribution < 1.29 is 14.6 Å². The van der Waals surface area contributed by atoms with Gasteiger partial charge in [-0.2, -0.15) is 5.10 Å². The average Bonchev–Trinajstić information content (AvgIpc) is 2.99. The van der Waals surface area contributed by atoms with Crippen molar-refractivity contribution in [2.75, 3.05) is 0 Å². The maximum absolute atomic E-state index is 11.3. The minimum atomic E-state index is -1.13. The van der Waals surface area contributed by atoms with Crippen LogP contribution in [0.5, 0.6) is 5.75 Å². The molecule has 0 saturated heterocycles. The molecule has 0 fully saturated rings. The number of carboxylic acid groups (broad SMARTS) is 1. The zero-order valence-corrected chi connectivity index (χ0v) is 11.6. The Morgan fingerprint density at radius 2 is 2.00 bits per heavy atom. The molecule has 2 heterocycles. The van der Waals surface area contributed by atoms with Crippen molar-refractivity contribution in [1.29, 1.82) is 0 Å². The largest absolute Gasteiger partial charge is 0.485 e. The van der Waals surface area contributed by atoms with E-state index in [2.05, 4.69) is 10.1 Å². The molecule has 0 radical (unpaired) electrons. The molecule has 6 heteroatoms. The first kappa shape index (κ1) is 13.8. The van der Waals surface area contributed by atoms with Crippen LogP contribution in [0, 0.1) is 0 Å². The van der Waals surface area contributed by atoms with E-state index in [1.165, 1.54) is 4.68 Å². The molecule has 0 spiro atoms. The Hall–Kier alpha value is -3.15. The molecular formula is C16H13N3O3. The first-order valence-corrected chi connectivity index (χ1v) is 6.64. The van der Waals surface area contributed by atoms with Crippen LogP contribution in [-0.2, 0) is 6.61 Å². The van der Waals surface area contributed by atoms with Gasteiger partial charge in [0.05, 0.1) is 18.1 Å². The first-order chi connectivity index (χ1) is 10.7. The van der Waals surface area contributed by atoms with Crippen LogP contribution in [0.25, 0.3) is 5.69 Å². The van der Waals surface area contributed by atoms with Crippen molar-refractivity contribution in [3.05, 3.63) is 72.3 Å². The zero-order chi connectivity index (χ0) is 15.4. The van der Waals surface area contributed by atoms with E-state index >= 15 is 0 Å². The van der Waals surface area contributed by atoms with Gasteiger partial charge in [0, 0.05) is 6.20 Å². The summed E-state index contributed by atoms with van der Waals surface area (Å²) in [4.78, 5) is 15.3. The van der Waals surface area contributed by atoms with Gasteiger partial charge in [0.2, 0.25) is 5.69 Å². The second-order valence-corrected chi connectivity index (χ2v) is 4.58. The molecule has 6 nitrogen and oxygen atoms in total. The molecule has 0 aliphatic rings. The number of rotatable bonds is 5. The van der Waals surface area contributed by atoms with E-state index in [-0.39, 0.29) is 18.1 Å². The molecule has 3 rings (SSSR count). The standard InChI is InChI=1S/C16H13N3O3/c20-16(21)15-14(22-11-12-5-2-1-3-6-12)10-19(18-15)13-7-4-8-17-9-13/h1-10H,11H2,(H,20,21). The summed E-state index contributed by atoms with van der Waals surface area (Å²) in [6, 6.07) is 13.1. The van der Waals surface area contributed by atoms with Crippen molar-refractivity contribution in [1.82, 2.24) is 14.8 Å². The monoisotopic (exact) mass is 295 g/mol. The lowest BCUT2D eigenvalue weighted by molar-refractivity contribution is 0.0685. The summed E-state index contributed by atoms with van der Waals surface area (Å²) in [6.07, 6.45) is 4.78. The smallest absolute Gasteiger partial charge is 0.360 e. The molecule has 0 bridgehead atoms. The highest BCUT2D eigenvalue weighted by Crippen LogP contribution is 2.20. The Morgan fingerprint density at radius 3 is 2.68 bits per heavy atom. The van der Waals surface area contributed by atoms with Gasteiger partial charge in [-0.3, -0.25) is 4.98 Å². The molecule has 0 amide bonds. The Morgan fingerprint density at radius 1 is 1.18 bits per heavy atom. The Bertz CT molecular complexity index is 770. The van der Waals surface area contributed by atoms with E-state index < -0.39 is 5.97 Å². The van der Waals surface area contributed by atoms with Crippen LogP contribution in [0.1, 0.15) is 16.1 Å². The fourth-order valence-corrected chi connectivity index (χ4v) is 1.97. The molecule has 3 aromatic rings. The number of hydrogen-bond donors (Lipinski definition) is 1. The lowest BCUT2D eigenvalue weighted by atomic mass is 10.2. The molecule has 0 saturated carbocycles. The first-order valence-electron chi connectivity index (χ1n) is 6.64. The number of aromatic nitrogens is 3. The van der Waals surface area contributed by atoms with E-state index in [0.717, 1.165) is 5.56 Å². The summed E-state index contributed by atoms with van der Waals surface area (Å²) >= 11 is 0. The van der Waals surface area contributed by atoms with E-state index in [0.29, 0.717) is 5.69 Å². The molecule has 1 aromatic carbocycles. The summed E-state index contributed by atoms with van der Waals surface area (Å²) in [5.74, 6) is -0.911. The number of pyridine rings is 1. The maximum atomic E-state index is 11.3. The molecule has 0 aliphatic carbocycles. The fourth-order valence-electron chi connectivity index (χ4n) is 1.97. The number of nitrogens with zero attached hydrogens (tertiary/aromatic N) is 3. The topological polar surface area (TPSA) is 77.2 Å². The molecule has 22 heavy (non-hydrogen) atoms. The minimum absolute atomic E-state index is 0.125. The molecule has 0 atom stereocenters. The van der Waals surface area contributed by atoms with Crippen molar-refractivity contribution in [3.8, 4) is 11.4 Å². The van der Waals surface area contributed by atoms with Gasteiger partial charge in [-0.15, -0.1) is 0 Å². The number of aromatic carboxylic acids is 1. The lowest BCUT2D eigenvalue weighted by Gasteiger charge is -2.04. The number of hydrogen-bond acceptors (Lipinski definition) is 4. The minimum Gasteiger partial charge on any atom is -0.485 e. The highest BCUT2D eigenvalue weighted by Gasteiger charge is 2.18. The molecule has 1 N–H and O–H groups in total. The van der Waals surface area contributed by atoms with Crippen molar-refractivity contribution in [3.63, 3.8) is 0 Å². The number of carbonyl (C=O) groups is 1. The Labute approximate surface area is 126 Å². The van der Waals surface area contributed by atoms with Crippen molar-refractivity contribution in [2.24, 2.45) is 0 Å². The second kappa shape index (κ2) is 6.09. The highest BCUT2D eigenvalue weighted by molar-refractivity contribution is 5.88. The summed E-state index contributed by atoms with van der Waals surface area (Å²) < 4.78 is 7.04. The number of benzene rings is 1. The Kier molecular flexibility index (Phi) is 3.82. The van der Waals surface area contributed by atoms with Crippen LogP contribution < -0.4 is 4.74 Å². The normalized spacial score (nSPS) is 10.4. The predicted octanol–water partition coefficient (Wildman–Crippen LogP) is 2.54. The molecule has 2 aromatic heterocycles. The summed E-state index contributed by atoms with van der Waals surface area (Å²) in [6.45, 7) is 0.278. The quantitative estimate of drug-likeness (QED) is 0.782. The van der Waals surface area contributed by atoms with Crippen LogP contribution in [0.15, 0.2) is 61.1 Å². The van der Waals surface area contributed by atoms with Crippen LogP contribution in [0.2, 0.25) is 0 Å². The second-order valence-electron chi connectivity index (χ2n) is 4.58. The molecule has 0 unspecified atom stereocenters. The predicted molar refractivity (Wildman–Crippen MR) is 79.1 cm³/mol. The Balaban J connectivity index is 1.86. The van der Waals surface area contributed by atoms with Crippen LogP contribution in [0.3, 0.4) is 0 Å². The summed E-state index contributed by atoms with van der Waals surface area (Å²) in [5, 5.41) is 13.3.